The van der Waals surface area contributed by atoms with Gasteiger partial charge in [-0.15, -0.1) is 0 Å². The molecule has 1 rings (SSSR count). The average Bonchev–Trinajstić information content (AvgIpc) is 2.50. The van der Waals surface area contributed by atoms with Crippen LogP contribution in [-0.4, -0.2) is 67.4 Å². The third kappa shape index (κ3) is 5.39. The molecule has 0 atom stereocenters. The molecular weight excluding hydrogens is 264 g/mol. The second-order valence-corrected chi connectivity index (χ2v) is 5.94. The summed E-state index contributed by atoms with van der Waals surface area (Å²) >= 11 is 0. The van der Waals surface area contributed by atoms with Gasteiger partial charge in [-0.3, -0.25) is 4.79 Å². The summed E-state index contributed by atoms with van der Waals surface area (Å²) in [4.78, 5) is 18.4. The van der Waals surface area contributed by atoms with E-state index >= 15 is 0 Å². The van der Waals surface area contributed by atoms with Crippen molar-refractivity contribution < 1.29 is 4.79 Å². The predicted octanol–water partition coefficient (Wildman–Crippen LogP) is 1.68. The van der Waals surface area contributed by atoms with Crippen molar-refractivity contribution >= 4 is 5.91 Å². The Labute approximate surface area is 128 Å². The number of unbranched alkanes of at least 4 members (excludes halogenated alkanes) is 1. The molecule has 0 saturated carbocycles. The topological polar surface area (TPSA) is 50.6 Å². The fraction of sp³-hybridized carbons (Fsp3) is 0.750. The molecule has 1 aliphatic heterocycles. The molecular formula is C16H28N4O. The van der Waals surface area contributed by atoms with Gasteiger partial charge in [-0.05, 0) is 39.4 Å². The Kier molecular flexibility index (Phi) is 7.24. The van der Waals surface area contributed by atoms with Crippen LogP contribution in [0.3, 0.4) is 0 Å². The van der Waals surface area contributed by atoms with Crippen LogP contribution in [0.5, 0.6) is 0 Å². The van der Waals surface area contributed by atoms with E-state index < -0.39 is 0 Å². The second-order valence-electron chi connectivity index (χ2n) is 5.94. The van der Waals surface area contributed by atoms with Gasteiger partial charge in [0.1, 0.15) is 11.6 Å². The fourth-order valence-electron chi connectivity index (χ4n) is 2.56. The standard InChI is InChI=1S/C16H28N4O/c1-5-6-9-19(3)13-14(12-17)16(21)20(4)15-7-10-18(2)11-8-15/h13,15H,5-11H2,1-4H3/b14-13-. The Morgan fingerprint density at radius 2 is 2.00 bits per heavy atom. The van der Waals surface area contributed by atoms with E-state index in [-0.39, 0.29) is 17.5 Å². The lowest BCUT2D eigenvalue weighted by atomic mass is 10.0. The summed E-state index contributed by atoms with van der Waals surface area (Å²) in [6.45, 7) is 5.00. The molecule has 0 aliphatic carbocycles. The Morgan fingerprint density at radius 3 is 2.52 bits per heavy atom. The van der Waals surface area contributed by atoms with Crippen molar-refractivity contribution in [3.8, 4) is 6.07 Å². The Bertz CT molecular complexity index is 405. The number of carbonyl (C=O) groups excluding carboxylic acids is 1. The van der Waals surface area contributed by atoms with E-state index in [0.29, 0.717) is 0 Å². The van der Waals surface area contributed by atoms with Gasteiger partial charge in [0.15, 0.2) is 0 Å². The highest BCUT2D eigenvalue weighted by molar-refractivity contribution is 5.97. The quantitative estimate of drug-likeness (QED) is 0.552. The van der Waals surface area contributed by atoms with Gasteiger partial charge in [0.2, 0.25) is 0 Å². The van der Waals surface area contributed by atoms with Gasteiger partial charge in [-0.1, -0.05) is 13.3 Å². The zero-order valence-electron chi connectivity index (χ0n) is 13.8. The molecule has 0 radical (unpaired) electrons. The molecule has 1 saturated heterocycles. The maximum atomic E-state index is 12.5. The highest BCUT2D eigenvalue weighted by Crippen LogP contribution is 2.16. The van der Waals surface area contributed by atoms with Gasteiger partial charge in [0.05, 0.1) is 0 Å². The summed E-state index contributed by atoms with van der Waals surface area (Å²) in [6.07, 6.45) is 5.80. The summed E-state index contributed by atoms with van der Waals surface area (Å²) in [7, 11) is 5.83. The van der Waals surface area contributed by atoms with E-state index in [4.69, 9.17) is 0 Å². The monoisotopic (exact) mass is 292 g/mol. The predicted molar refractivity (Wildman–Crippen MR) is 84.5 cm³/mol. The summed E-state index contributed by atoms with van der Waals surface area (Å²) < 4.78 is 0. The first-order chi connectivity index (χ1) is 9.99. The van der Waals surface area contributed by atoms with Crippen LogP contribution in [0.1, 0.15) is 32.6 Å². The number of likely N-dealkylation sites (N-methyl/N-ethyl adjacent to an activating group) is 1. The van der Waals surface area contributed by atoms with Crippen molar-refractivity contribution in [2.24, 2.45) is 0 Å². The Morgan fingerprint density at radius 1 is 1.38 bits per heavy atom. The third-order valence-corrected chi connectivity index (χ3v) is 4.12. The van der Waals surface area contributed by atoms with Crippen LogP contribution in [0.4, 0.5) is 0 Å². The zero-order chi connectivity index (χ0) is 15.8. The van der Waals surface area contributed by atoms with Crippen LogP contribution in [0.25, 0.3) is 0 Å². The number of nitrogens with zero attached hydrogens (tertiary/aromatic N) is 4. The normalized spacial score (nSPS) is 17.4. The molecule has 1 heterocycles. The lowest BCUT2D eigenvalue weighted by molar-refractivity contribution is -0.128. The van der Waals surface area contributed by atoms with Crippen LogP contribution in [0, 0.1) is 11.3 Å². The summed E-state index contributed by atoms with van der Waals surface area (Å²) in [5, 5.41) is 9.26. The fourth-order valence-corrected chi connectivity index (χ4v) is 2.56. The molecule has 5 heteroatoms. The lowest BCUT2D eigenvalue weighted by Gasteiger charge is -2.35. The molecule has 21 heavy (non-hydrogen) atoms. The lowest BCUT2D eigenvalue weighted by Crippen LogP contribution is -2.45. The highest BCUT2D eigenvalue weighted by Gasteiger charge is 2.26. The van der Waals surface area contributed by atoms with Crippen LogP contribution in [-0.2, 0) is 4.79 Å². The van der Waals surface area contributed by atoms with Crippen molar-refractivity contribution in [1.82, 2.24) is 14.7 Å². The summed E-state index contributed by atoms with van der Waals surface area (Å²) in [5.41, 5.74) is 0.232. The van der Waals surface area contributed by atoms with Gasteiger partial charge in [0, 0.05) is 32.9 Å². The zero-order valence-corrected chi connectivity index (χ0v) is 13.8. The van der Waals surface area contributed by atoms with Crippen LogP contribution >= 0.6 is 0 Å². The molecule has 0 N–H and O–H groups in total. The Hall–Kier alpha value is -1.54. The first-order valence-electron chi connectivity index (χ1n) is 7.77. The van der Waals surface area contributed by atoms with Crippen LogP contribution < -0.4 is 0 Å². The Balaban J connectivity index is 2.65. The minimum Gasteiger partial charge on any atom is -0.379 e. The van der Waals surface area contributed by atoms with E-state index in [9.17, 15) is 10.1 Å². The smallest absolute Gasteiger partial charge is 0.265 e. The molecule has 1 amide bonds. The molecule has 0 bridgehead atoms. The number of rotatable bonds is 6. The van der Waals surface area contributed by atoms with Gasteiger partial charge in [-0.2, -0.15) is 5.26 Å². The summed E-state index contributed by atoms with van der Waals surface area (Å²) in [6, 6.07) is 2.30. The largest absolute Gasteiger partial charge is 0.379 e. The van der Waals surface area contributed by atoms with Crippen molar-refractivity contribution in [3.05, 3.63) is 11.8 Å². The number of carbonyl (C=O) groups is 1. The number of nitriles is 1. The molecule has 0 spiro atoms. The minimum atomic E-state index is -0.157. The molecule has 0 unspecified atom stereocenters. The molecule has 0 aromatic rings. The third-order valence-electron chi connectivity index (χ3n) is 4.12. The van der Waals surface area contributed by atoms with Crippen molar-refractivity contribution in [2.75, 3.05) is 40.8 Å². The molecule has 0 aromatic heterocycles. The average molecular weight is 292 g/mol. The molecule has 0 aromatic carbocycles. The maximum absolute atomic E-state index is 12.5. The van der Waals surface area contributed by atoms with E-state index in [1.54, 1.807) is 11.1 Å². The molecule has 1 aliphatic rings. The van der Waals surface area contributed by atoms with Crippen molar-refractivity contribution in [2.45, 2.75) is 38.6 Å². The van der Waals surface area contributed by atoms with E-state index in [1.165, 1.54) is 0 Å². The summed E-state index contributed by atoms with van der Waals surface area (Å²) in [5.74, 6) is -0.157. The van der Waals surface area contributed by atoms with E-state index in [0.717, 1.165) is 45.3 Å². The van der Waals surface area contributed by atoms with Gasteiger partial charge >= 0.3 is 0 Å². The van der Waals surface area contributed by atoms with Crippen LogP contribution in [0.2, 0.25) is 0 Å². The second kappa shape index (κ2) is 8.68. The van der Waals surface area contributed by atoms with E-state index in [1.807, 2.05) is 19.0 Å². The van der Waals surface area contributed by atoms with Crippen molar-refractivity contribution in [3.63, 3.8) is 0 Å². The van der Waals surface area contributed by atoms with E-state index in [2.05, 4.69) is 24.9 Å². The maximum Gasteiger partial charge on any atom is 0.265 e. The number of likely N-dealkylation sites (tertiary alicyclic amines) is 1. The van der Waals surface area contributed by atoms with Gasteiger partial charge in [0.25, 0.3) is 5.91 Å². The molecule has 1 fully saturated rings. The number of hydrogen-bond acceptors (Lipinski definition) is 4. The number of hydrogen-bond donors (Lipinski definition) is 0. The number of piperidine rings is 1. The highest BCUT2D eigenvalue weighted by atomic mass is 16.2. The van der Waals surface area contributed by atoms with Crippen molar-refractivity contribution in [1.29, 1.82) is 5.26 Å². The minimum absolute atomic E-state index is 0.157. The first-order valence-corrected chi connectivity index (χ1v) is 7.77. The van der Waals surface area contributed by atoms with Crippen LogP contribution in [0.15, 0.2) is 11.8 Å². The first kappa shape index (κ1) is 17.5. The van der Waals surface area contributed by atoms with Gasteiger partial charge < -0.3 is 14.7 Å². The SMILES string of the molecule is CCCCN(C)/C=C(/C#N)C(=O)N(C)C1CCN(C)CC1. The molecule has 5 nitrogen and oxygen atoms in total. The molecule has 118 valence electrons. The number of amides is 1. The van der Waals surface area contributed by atoms with Gasteiger partial charge in [-0.25, -0.2) is 0 Å².